The zero-order valence-corrected chi connectivity index (χ0v) is 9.78. The van der Waals surface area contributed by atoms with Crippen LogP contribution in [-0.4, -0.2) is 12.6 Å². The molecule has 1 fully saturated rings. The van der Waals surface area contributed by atoms with Gasteiger partial charge in [0.05, 0.1) is 12.6 Å². The summed E-state index contributed by atoms with van der Waals surface area (Å²) in [6.07, 6.45) is 3.44. The van der Waals surface area contributed by atoms with Gasteiger partial charge in [0.15, 0.2) is 0 Å². The number of aryl methyl sites for hydroxylation is 1. The van der Waals surface area contributed by atoms with Crippen molar-refractivity contribution in [3.05, 3.63) is 40.6 Å². The number of nitrogens with one attached hydrogen (secondary N) is 1. The summed E-state index contributed by atoms with van der Waals surface area (Å²) in [5.41, 5.74) is 3.04. The minimum Gasteiger partial charge on any atom is -0.634 e. The topological polar surface area (TPSA) is 27.5 Å². The fourth-order valence-corrected chi connectivity index (χ4v) is 3.46. The van der Waals surface area contributed by atoms with Crippen molar-refractivity contribution >= 4 is 0 Å². The van der Waals surface area contributed by atoms with Gasteiger partial charge in [0.25, 0.3) is 0 Å². The molecule has 0 radical (unpaired) electrons. The maximum Gasteiger partial charge on any atom is 0.0849 e. The van der Waals surface area contributed by atoms with Crippen molar-refractivity contribution in [1.82, 2.24) is 0 Å². The zero-order valence-electron chi connectivity index (χ0n) is 9.78. The SMILES string of the molecule is CC1CC2c3ccccc3CCC2C[NH+]1[O-]. The van der Waals surface area contributed by atoms with Crippen LogP contribution in [0.1, 0.15) is 36.8 Å². The highest BCUT2D eigenvalue weighted by Crippen LogP contribution is 2.39. The third-order valence-corrected chi connectivity index (χ3v) is 4.43. The average Bonchev–Trinajstić information content (AvgIpc) is 2.31. The largest absolute Gasteiger partial charge is 0.634 e. The number of quaternary nitrogens is 1. The molecule has 0 spiro atoms. The lowest BCUT2D eigenvalue weighted by atomic mass is 9.70. The van der Waals surface area contributed by atoms with Crippen LogP contribution in [0.2, 0.25) is 0 Å². The molecule has 1 N–H and O–H groups in total. The van der Waals surface area contributed by atoms with E-state index >= 15 is 0 Å². The molecule has 1 heterocycles. The van der Waals surface area contributed by atoms with Crippen molar-refractivity contribution in [3.63, 3.8) is 0 Å². The summed E-state index contributed by atoms with van der Waals surface area (Å²) >= 11 is 0. The Hall–Kier alpha value is -0.860. The number of piperidine rings is 1. The number of benzene rings is 1. The molecule has 0 amide bonds. The van der Waals surface area contributed by atoms with Gasteiger partial charge in [-0.15, -0.1) is 0 Å². The highest BCUT2D eigenvalue weighted by atomic mass is 16.5. The summed E-state index contributed by atoms with van der Waals surface area (Å²) in [6, 6.07) is 9.08. The van der Waals surface area contributed by atoms with E-state index in [1.807, 2.05) is 0 Å². The van der Waals surface area contributed by atoms with E-state index in [2.05, 4.69) is 31.2 Å². The Morgan fingerprint density at radius 2 is 2.12 bits per heavy atom. The van der Waals surface area contributed by atoms with E-state index in [4.69, 9.17) is 0 Å². The molecule has 86 valence electrons. The number of fused-ring (bicyclic) bond motifs is 3. The van der Waals surface area contributed by atoms with Gasteiger partial charge in [-0.1, -0.05) is 24.3 Å². The van der Waals surface area contributed by atoms with Crippen LogP contribution in [0, 0.1) is 11.1 Å². The first-order chi connectivity index (χ1) is 7.75. The van der Waals surface area contributed by atoms with E-state index in [-0.39, 0.29) is 6.04 Å². The zero-order chi connectivity index (χ0) is 11.1. The van der Waals surface area contributed by atoms with E-state index in [0.29, 0.717) is 16.9 Å². The second kappa shape index (κ2) is 3.86. The molecule has 0 bridgehead atoms. The number of hydrogen-bond acceptors (Lipinski definition) is 1. The second-order valence-corrected chi connectivity index (χ2v) is 5.41. The molecule has 4 atom stereocenters. The van der Waals surface area contributed by atoms with E-state index in [1.165, 1.54) is 24.0 Å². The molecule has 0 saturated carbocycles. The van der Waals surface area contributed by atoms with Crippen molar-refractivity contribution in [3.8, 4) is 0 Å². The lowest BCUT2D eigenvalue weighted by molar-refractivity contribution is -0.884. The Balaban J connectivity index is 1.94. The Morgan fingerprint density at radius 3 is 3.00 bits per heavy atom. The molecule has 1 aliphatic carbocycles. The lowest BCUT2D eigenvalue weighted by Crippen LogP contribution is -3.12. The van der Waals surface area contributed by atoms with Gasteiger partial charge in [0, 0.05) is 12.3 Å². The first kappa shape index (κ1) is 10.3. The third-order valence-electron chi connectivity index (χ3n) is 4.43. The van der Waals surface area contributed by atoms with Crippen molar-refractivity contribution in [2.75, 3.05) is 6.54 Å². The second-order valence-electron chi connectivity index (χ2n) is 5.41. The van der Waals surface area contributed by atoms with Gasteiger partial charge in [-0.05, 0) is 36.8 Å². The Kier molecular flexibility index (Phi) is 2.49. The van der Waals surface area contributed by atoms with Crippen molar-refractivity contribution in [1.29, 1.82) is 0 Å². The Bertz CT molecular complexity index is 390. The third kappa shape index (κ3) is 1.57. The molecule has 1 aliphatic heterocycles. The van der Waals surface area contributed by atoms with Crippen molar-refractivity contribution in [2.45, 2.75) is 38.1 Å². The molecule has 3 rings (SSSR count). The van der Waals surface area contributed by atoms with E-state index in [0.717, 1.165) is 13.0 Å². The van der Waals surface area contributed by atoms with Crippen molar-refractivity contribution < 1.29 is 5.06 Å². The van der Waals surface area contributed by atoms with E-state index in [9.17, 15) is 5.21 Å². The average molecular weight is 217 g/mol. The molecule has 0 aromatic heterocycles. The lowest BCUT2D eigenvalue weighted by Gasteiger charge is -2.45. The first-order valence-corrected chi connectivity index (χ1v) is 6.36. The van der Waals surface area contributed by atoms with Crippen LogP contribution in [0.4, 0.5) is 0 Å². The Morgan fingerprint density at radius 1 is 1.31 bits per heavy atom. The maximum atomic E-state index is 11.8. The van der Waals surface area contributed by atoms with Crippen molar-refractivity contribution in [2.24, 2.45) is 5.92 Å². The predicted octanol–water partition coefficient (Wildman–Crippen LogP) is 1.51. The smallest absolute Gasteiger partial charge is 0.0849 e. The molecule has 2 nitrogen and oxygen atoms in total. The van der Waals surface area contributed by atoms with Gasteiger partial charge in [0.1, 0.15) is 0 Å². The molecule has 1 aromatic carbocycles. The van der Waals surface area contributed by atoms with Gasteiger partial charge in [-0.2, -0.15) is 0 Å². The normalized spacial score (nSPS) is 37.6. The highest BCUT2D eigenvalue weighted by Gasteiger charge is 2.37. The van der Waals surface area contributed by atoms with Gasteiger partial charge in [-0.25, -0.2) is 0 Å². The predicted molar refractivity (Wildman–Crippen MR) is 64.3 cm³/mol. The fourth-order valence-electron chi connectivity index (χ4n) is 3.46. The van der Waals surface area contributed by atoms with Crippen LogP contribution in [0.25, 0.3) is 0 Å². The molecule has 1 saturated heterocycles. The molecule has 2 aliphatic rings. The van der Waals surface area contributed by atoms with Crippen LogP contribution in [0.3, 0.4) is 0 Å². The Labute approximate surface area is 96.8 Å². The van der Waals surface area contributed by atoms with E-state index in [1.54, 1.807) is 0 Å². The van der Waals surface area contributed by atoms with Crippen LogP contribution in [0.15, 0.2) is 24.3 Å². The summed E-state index contributed by atoms with van der Waals surface area (Å²) in [5.74, 6) is 1.27. The minimum absolute atomic E-state index is 0.271. The molecule has 2 heteroatoms. The summed E-state index contributed by atoms with van der Waals surface area (Å²) in [4.78, 5) is 0. The first-order valence-electron chi connectivity index (χ1n) is 6.36. The highest BCUT2D eigenvalue weighted by molar-refractivity contribution is 5.33. The van der Waals surface area contributed by atoms with E-state index < -0.39 is 0 Å². The van der Waals surface area contributed by atoms with Gasteiger partial charge < -0.3 is 10.3 Å². The molecule has 4 unspecified atom stereocenters. The number of rotatable bonds is 0. The summed E-state index contributed by atoms with van der Waals surface area (Å²) < 4.78 is 0. The number of hydrogen-bond donors (Lipinski definition) is 1. The quantitative estimate of drug-likeness (QED) is 0.655. The van der Waals surface area contributed by atoms with Gasteiger partial charge in [-0.3, -0.25) is 0 Å². The van der Waals surface area contributed by atoms with Crippen LogP contribution < -0.4 is 5.06 Å². The summed E-state index contributed by atoms with van der Waals surface area (Å²) in [6.45, 7) is 2.91. The minimum atomic E-state index is 0.271. The monoisotopic (exact) mass is 217 g/mol. The van der Waals surface area contributed by atoms with Crippen LogP contribution in [-0.2, 0) is 6.42 Å². The molecule has 16 heavy (non-hydrogen) atoms. The van der Waals surface area contributed by atoms with Crippen LogP contribution in [0.5, 0.6) is 0 Å². The molecular formula is C14H19NO. The molecule has 1 aromatic rings. The summed E-state index contributed by atoms with van der Waals surface area (Å²) in [5, 5.41) is 12.2. The fraction of sp³-hybridized carbons (Fsp3) is 0.571. The maximum absolute atomic E-state index is 11.8. The number of hydroxylamine groups is 2. The summed E-state index contributed by atoms with van der Waals surface area (Å²) in [7, 11) is 0. The standard InChI is InChI=1S/C14H19NO/c1-10-8-14-12(9-15(10)16)7-6-11-4-2-3-5-13(11)14/h2-5,10,12,14-15H,6-9H2,1H3. The van der Waals surface area contributed by atoms with Gasteiger partial charge >= 0.3 is 0 Å². The molecular weight excluding hydrogens is 198 g/mol. The van der Waals surface area contributed by atoms with Gasteiger partial charge in [0.2, 0.25) is 0 Å². The van der Waals surface area contributed by atoms with Crippen LogP contribution >= 0.6 is 0 Å².